The molecule has 0 aliphatic rings. The number of allylic oxidation sites excluding steroid dienone is 1. The second-order valence-electron chi connectivity index (χ2n) is 6.26. The maximum atomic E-state index is 12.5. The standard InChI is InChI=1S/C23H20O5S/c1-14-4-13-20(29-14)21-19(27-2)12-10-16(22(21)28-3)9-11-18(24)15-5-7-17(8-6-15)23(25)26/h4-13H,1-3H3,(H,25,26). The monoisotopic (exact) mass is 408 g/mol. The zero-order valence-corrected chi connectivity index (χ0v) is 17.1. The molecule has 0 unspecified atom stereocenters. The van der Waals surface area contributed by atoms with Crippen molar-refractivity contribution >= 4 is 29.2 Å². The van der Waals surface area contributed by atoms with Gasteiger partial charge in [-0.25, -0.2) is 4.79 Å². The van der Waals surface area contributed by atoms with E-state index in [1.54, 1.807) is 31.6 Å². The molecule has 0 saturated carbocycles. The Hall–Kier alpha value is -3.38. The Morgan fingerprint density at radius 3 is 2.17 bits per heavy atom. The second-order valence-corrected chi connectivity index (χ2v) is 7.54. The average molecular weight is 408 g/mol. The van der Waals surface area contributed by atoms with E-state index in [1.165, 1.54) is 35.2 Å². The Kier molecular flexibility index (Phi) is 6.14. The van der Waals surface area contributed by atoms with Gasteiger partial charge in [0.1, 0.15) is 11.5 Å². The molecule has 0 fully saturated rings. The molecular weight excluding hydrogens is 388 g/mol. The van der Waals surface area contributed by atoms with Gasteiger partial charge in [-0.05, 0) is 55.5 Å². The molecule has 0 saturated heterocycles. The molecule has 0 atom stereocenters. The first-order valence-electron chi connectivity index (χ1n) is 8.82. The van der Waals surface area contributed by atoms with Gasteiger partial charge in [0.25, 0.3) is 0 Å². The quantitative estimate of drug-likeness (QED) is 0.422. The summed E-state index contributed by atoms with van der Waals surface area (Å²) in [5.41, 5.74) is 2.13. The topological polar surface area (TPSA) is 72.8 Å². The molecule has 0 radical (unpaired) electrons. The molecule has 0 bridgehead atoms. The molecule has 0 amide bonds. The first-order chi connectivity index (χ1) is 13.9. The van der Waals surface area contributed by atoms with Gasteiger partial charge in [0.2, 0.25) is 0 Å². The van der Waals surface area contributed by atoms with Crippen molar-refractivity contribution in [3.05, 3.63) is 76.2 Å². The van der Waals surface area contributed by atoms with Crippen LogP contribution in [0.3, 0.4) is 0 Å². The molecular formula is C23H20O5S. The highest BCUT2D eigenvalue weighted by Crippen LogP contribution is 2.44. The highest BCUT2D eigenvalue weighted by atomic mass is 32.1. The Morgan fingerprint density at radius 1 is 0.931 bits per heavy atom. The summed E-state index contributed by atoms with van der Waals surface area (Å²) in [5.74, 6) is 0.0556. The summed E-state index contributed by atoms with van der Waals surface area (Å²) in [6, 6.07) is 13.6. The number of carboxylic acid groups (broad SMARTS) is 1. The molecule has 1 aromatic heterocycles. The lowest BCUT2D eigenvalue weighted by Crippen LogP contribution is -1.99. The van der Waals surface area contributed by atoms with Crippen molar-refractivity contribution in [2.75, 3.05) is 14.2 Å². The lowest BCUT2D eigenvalue weighted by atomic mass is 10.0. The number of carbonyl (C=O) groups is 2. The fraction of sp³-hybridized carbons (Fsp3) is 0.130. The largest absolute Gasteiger partial charge is 0.496 e. The number of carbonyl (C=O) groups excluding carboxylic acids is 1. The Labute approximate surface area is 172 Å². The van der Waals surface area contributed by atoms with Crippen LogP contribution in [0.15, 0.2) is 54.6 Å². The normalized spacial score (nSPS) is 10.9. The van der Waals surface area contributed by atoms with Gasteiger partial charge in [-0.15, -0.1) is 11.3 Å². The van der Waals surface area contributed by atoms with E-state index in [1.807, 2.05) is 31.2 Å². The van der Waals surface area contributed by atoms with E-state index in [9.17, 15) is 9.59 Å². The van der Waals surface area contributed by atoms with E-state index in [2.05, 4.69) is 0 Å². The van der Waals surface area contributed by atoms with Crippen LogP contribution in [-0.4, -0.2) is 31.1 Å². The third kappa shape index (κ3) is 4.38. The van der Waals surface area contributed by atoms with Gasteiger partial charge in [-0.2, -0.15) is 0 Å². The molecule has 1 N–H and O–H groups in total. The number of ether oxygens (including phenoxy) is 2. The molecule has 29 heavy (non-hydrogen) atoms. The van der Waals surface area contributed by atoms with E-state index >= 15 is 0 Å². The van der Waals surface area contributed by atoms with Crippen LogP contribution in [0.2, 0.25) is 0 Å². The summed E-state index contributed by atoms with van der Waals surface area (Å²) in [6.45, 7) is 2.03. The number of rotatable bonds is 7. The van der Waals surface area contributed by atoms with Gasteiger partial charge < -0.3 is 14.6 Å². The maximum Gasteiger partial charge on any atom is 0.335 e. The van der Waals surface area contributed by atoms with E-state index in [4.69, 9.17) is 14.6 Å². The fourth-order valence-corrected chi connectivity index (χ4v) is 3.86. The van der Waals surface area contributed by atoms with Crippen LogP contribution >= 0.6 is 11.3 Å². The number of hydrogen-bond acceptors (Lipinski definition) is 5. The molecule has 3 rings (SSSR count). The summed E-state index contributed by atoms with van der Waals surface area (Å²) in [4.78, 5) is 25.6. The number of aryl methyl sites for hydroxylation is 1. The van der Waals surface area contributed by atoms with Crippen molar-refractivity contribution < 1.29 is 24.2 Å². The predicted octanol–water partition coefficient (Wildman–Crippen LogP) is 5.34. The van der Waals surface area contributed by atoms with Gasteiger partial charge in [0.15, 0.2) is 5.78 Å². The van der Waals surface area contributed by atoms with Gasteiger partial charge >= 0.3 is 5.97 Å². The molecule has 5 nitrogen and oxygen atoms in total. The van der Waals surface area contributed by atoms with E-state index in [0.29, 0.717) is 17.1 Å². The van der Waals surface area contributed by atoms with Gasteiger partial charge in [-0.1, -0.05) is 12.1 Å². The fourth-order valence-electron chi connectivity index (χ4n) is 2.94. The average Bonchev–Trinajstić information content (AvgIpc) is 3.17. The smallest absolute Gasteiger partial charge is 0.335 e. The SMILES string of the molecule is COc1ccc(C=CC(=O)c2ccc(C(=O)O)cc2)c(OC)c1-c1ccc(C)s1. The molecule has 0 aliphatic carbocycles. The number of thiophene rings is 1. The molecule has 2 aromatic carbocycles. The van der Waals surface area contributed by atoms with E-state index in [-0.39, 0.29) is 11.3 Å². The number of ketones is 1. The van der Waals surface area contributed by atoms with Crippen LogP contribution < -0.4 is 9.47 Å². The van der Waals surface area contributed by atoms with Crippen molar-refractivity contribution in [3.63, 3.8) is 0 Å². The highest BCUT2D eigenvalue weighted by molar-refractivity contribution is 7.15. The minimum absolute atomic E-state index is 0.137. The molecule has 0 aliphatic heterocycles. The minimum Gasteiger partial charge on any atom is -0.496 e. The van der Waals surface area contributed by atoms with Crippen LogP contribution in [-0.2, 0) is 0 Å². The van der Waals surface area contributed by atoms with E-state index in [0.717, 1.165) is 16.0 Å². The van der Waals surface area contributed by atoms with Crippen LogP contribution in [0.4, 0.5) is 0 Å². The molecule has 3 aromatic rings. The summed E-state index contributed by atoms with van der Waals surface area (Å²) in [5, 5.41) is 8.97. The maximum absolute atomic E-state index is 12.5. The Morgan fingerprint density at radius 2 is 1.62 bits per heavy atom. The lowest BCUT2D eigenvalue weighted by molar-refractivity contribution is 0.0696. The third-order valence-electron chi connectivity index (χ3n) is 4.39. The molecule has 1 heterocycles. The van der Waals surface area contributed by atoms with Crippen molar-refractivity contribution in [1.82, 2.24) is 0 Å². The molecule has 0 spiro atoms. The predicted molar refractivity (Wildman–Crippen MR) is 114 cm³/mol. The molecule has 148 valence electrons. The molecule has 6 heteroatoms. The van der Waals surface area contributed by atoms with Crippen LogP contribution in [0.1, 0.15) is 31.2 Å². The van der Waals surface area contributed by atoms with Crippen LogP contribution in [0.5, 0.6) is 11.5 Å². The summed E-state index contributed by atoms with van der Waals surface area (Å²) < 4.78 is 11.2. The third-order valence-corrected chi connectivity index (χ3v) is 5.41. The highest BCUT2D eigenvalue weighted by Gasteiger charge is 2.17. The zero-order valence-electron chi connectivity index (χ0n) is 16.3. The summed E-state index contributed by atoms with van der Waals surface area (Å²) in [6.07, 6.45) is 3.14. The first-order valence-corrected chi connectivity index (χ1v) is 9.63. The number of carboxylic acids is 1. The van der Waals surface area contributed by atoms with Gasteiger partial charge in [0.05, 0.1) is 25.3 Å². The van der Waals surface area contributed by atoms with Crippen molar-refractivity contribution in [2.24, 2.45) is 0 Å². The Bertz CT molecular complexity index is 1080. The van der Waals surface area contributed by atoms with Gasteiger partial charge in [0, 0.05) is 20.9 Å². The van der Waals surface area contributed by atoms with Crippen molar-refractivity contribution in [2.45, 2.75) is 6.92 Å². The van der Waals surface area contributed by atoms with E-state index < -0.39 is 5.97 Å². The van der Waals surface area contributed by atoms with Crippen LogP contribution in [0, 0.1) is 6.92 Å². The zero-order chi connectivity index (χ0) is 21.0. The Balaban J connectivity index is 1.96. The van der Waals surface area contributed by atoms with Crippen molar-refractivity contribution in [1.29, 1.82) is 0 Å². The minimum atomic E-state index is -1.03. The summed E-state index contributed by atoms with van der Waals surface area (Å²) >= 11 is 1.63. The number of benzene rings is 2. The lowest BCUT2D eigenvalue weighted by Gasteiger charge is -2.14. The first kappa shape index (κ1) is 20.4. The summed E-state index contributed by atoms with van der Waals surface area (Å²) in [7, 11) is 3.20. The van der Waals surface area contributed by atoms with Gasteiger partial charge in [-0.3, -0.25) is 4.79 Å². The number of methoxy groups -OCH3 is 2. The van der Waals surface area contributed by atoms with Crippen molar-refractivity contribution in [3.8, 4) is 21.9 Å². The van der Waals surface area contributed by atoms with Crippen LogP contribution in [0.25, 0.3) is 16.5 Å². The second kappa shape index (κ2) is 8.75. The number of hydrogen-bond donors (Lipinski definition) is 1. The number of aromatic carboxylic acids is 1.